The molecule has 0 aliphatic heterocycles. The standard InChI is InChI=1S/C14H19N5OS2/c1-2-8-21-12-6-4-3-5-11(12)17-14(20)15-7-9-22-13-10-16-19-18-13/h3-6,10H,2,7-9H2,1H3,(H2,15,17,20)(H,16,18,19). The van der Waals surface area contributed by atoms with Crippen LogP contribution in [0.2, 0.25) is 0 Å². The van der Waals surface area contributed by atoms with E-state index < -0.39 is 0 Å². The minimum Gasteiger partial charge on any atom is -0.337 e. The normalized spacial score (nSPS) is 10.4. The average Bonchev–Trinajstić information content (AvgIpc) is 3.04. The first-order valence-corrected chi connectivity index (χ1v) is 9.02. The van der Waals surface area contributed by atoms with Crippen LogP contribution < -0.4 is 10.6 Å². The third-order valence-corrected chi connectivity index (χ3v) is 4.81. The molecule has 0 spiro atoms. The molecule has 0 aliphatic rings. The predicted molar refractivity (Wildman–Crippen MR) is 91.6 cm³/mol. The number of benzene rings is 1. The van der Waals surface area contributed by atoms with E-state index in [0.29, 0.717) is 6.54 Å². The molecule has 0 fully saturated rings. The van der Waals surface area contributed by atoms with E-state index in [1.54, 1.807) is 18.0 Å². The number of aromatic amines is 1. The van der Waals surface area contributed by atoms with Crippen LogP contribution in [0.5, 0.6) is 0 Å². The van der Waals surface area contributed by atoms with E-state index in [-0.39, 0.29) is 6.03 Å². The highest BCUT2D eigenvalue weighted by Crippen LogP contribution is 2.27. The molecule has 1 aromatic carbocycles. The SMILES string of the molecule is CCCSc1ccccc1NC(=O)NCCSc1cn[nH]n1. The van der Waals surface area contributed by atoms with Crippen LogP contribution in [0.3, 0.4) is 0 Å². The van der Waals surface area contributed by atoms with Gasteiger partial charge in [0.25, 0.3) is 0 Å². The van der Waals surface area contributed by atoms with Crippen molar-refractivity contribution in [2.24, 2.45) is 0 Å². The summed E-state index contributed by atoms with van der Waals surface area (Å²) in [5.41, 5.74) is 0.850. The van der Waals surface area contributed by atoms with Crippen LogP contribution in [0.4, 0.5) is 10.5 Å². The first-order chi connectivity index (χ1) is 10.8. The van der Waals surface area contributed by atoms with Gasteiger partial charge in [-0.1, -0.05) is 19.1 Å². The smallest absolute Gasteiger partial charge is 0.319 e. The zero-order valence-corrected chi connectivity index (χ0v) is 14.0. The minimum atomic E-state index is -0.190. The van der Waals surface area contributed by atoms with Gasteiger partial charge in [0, 0.05) is 17.2 Å². The number of nitrogens with zero attached hydrogens (tertiary/aromatic N) is 2. The lowest BCUT2D eigenvalue weighted by molar-refractivity contribution is 0.252. The summed E-state index contributed by atoms with van der Waals surface area (Å²) in [6.07, 6.45) is 2.76. The number of rotatable bonds is 8. The molecular formula is C14H19N5OS2. The molecule has 22 heavy (non-hydrogen) atoms. The Labute approximate surface area is 138 Å². The van der Waals surface area contributed by atoms with Crippen molar-refractivity contribution < 1.29 is 4.79 Å². The van der Waals surface area contributed by atoms with Gasteiger partial charge in [-0.3, -0.25) is 0 Å². The van der Waals surface area contributed by atoms with Gasteiger partial charge in [-0.05, 0) is 24.3 Å². The Kier molecular flexibility index (Phi) is 7.11. The van der Waals surface area contributed by atoms with Gasteiger partial charge in [0.05, 0.1) is 11.9 Å². The lowest BCUT2D eigenvalue weighted by atomic mass is 10.3. The maximum atomic E-state index is 11.9. The number of hydrogen-bond acceptors (Lipinski definition) is 5. The summed E-state index contributed by atoms with van der Waals surface area (Å²) in [5.74, 6) is 1.78. The van der Waals surface area contributed by atoms with Crippen molar-refractivity contribution in [3.05, 3.63) is 30.5 Å². The summed E-state index contributed by atoms with van der Waals surface area (Å²) in [4.78, 5) is 13.0. The monoisotopic (exact) mass is 337 g/mol. The summed E-state index contributed by atoms with van der Waals surface area (Å²) in [6.45, 7) is 2.70. The zero-order chi connectivity index (χ0) is 15.6. The van der Waals surface area contributed by atoms with Crippen molar-refractivity contribution in [3.8, 4) is 0 Å². The lowest BCUT2D eigenvalue weighted by Crippen LogP contribution is -2.30. The molecule has 2 rings (SSSR count). The Morgan fingerprint density at radius 2 is 2.14 bits per heavy atom. The summed E-state index contributed by atoms with van der Waals surface area (Å²) < 4.78 is 0. The van der Waals surface area contributed by atoms with E-state index >= 15 is 0 Å². The molecular weight excluding hydrogens is 318 g/mol. The fourth-order valence-corrected chi connectivity index (χ4v) is 3.17. The highest BCUT2D eigenvalue weighted by molar-refractivity contribution is 7.99. The molecule has 1 heterocycles. The molecule has 3 N–H and O–H groups in total. The largest absolute Gasteiger partial charge is 0.337 e. The number of amides is 2. The number of anilines is 1. The highest BCUT2D eigenvalue weighted by Gasteiger charge is 2.06. The molecule has 0 atom stereocenters. The van der Waals surface area contributed by atoms with Crippen molar-refractivity contribution in [2.45, 2.75) is 23.3 Å². The molecule has 6 nitrogen and oxygen atoms in total. The van der Waals surface area contributed by atoms with E-state index in [1.807, 2.05) is 24.3 Å². The van der Waals surface area contributed by atoms with Gasteiger partial charge < -0.3 is 10.6 Å². The Balaban J connectivity index is 1.74. The Hall–Kier alpha value is -1.67. The van der Waals surface area contributed by atoms with Crippen molar-refractivity contribution in [1.29, 1.82) is 0 Å². The molecule has 0 bridgehead atoms. The molecule has 2 amide bonds. The van der Waals surface area contributed by atoms with Gasteiger partial charge >= 0.3 is 6.03 Å². The van der Waals surface area contributed by atoms with E-state index in [9.17, 15) is 4.79 Å². The van der Waals surface area contributed by atoms with Gasteiger partial charge in [-0.25, -0.2) is 4.79 Å². The number of hydrogen-bond donors (Lipinski definition) is 3. The number of carbonyl (C=O) groups excluding carboxylic acids is 1. The quantitative estimate of drug-likeness (QED) is 0.509. The Bertz CT molecular complexity index is 576. The van der Waals surface area contributed by atoms with Crippen molar-refractivity contribution in [1.82, 2.24) is 20.7 Å². The van der Waals surface area contributed by atoms with Crippen LogP contribution in [0, 0.1) is 0 Å². The van der Waals surface area contributed by atoms with Gasteiger partial charge in [-0.2, -0.15) is 10.3 Å². The number of H-pyrrole nitrogens is 1. The van der Waals surface area contributed by atoms with Gasteiger partial charge in [0.15, 0.2) is 0 Å². The van der Waals surface area contributed by atoms with E-state index in [4.69, 9.17) is 0 Å². The number of nitrogens with one attached hydrogen (secondary N) is 3. The Morgan fingerprint density at radius 1 is 1.27 bits per heavy atom. The number of aromatic nitrogens is 3. The first-order valence-electron chi connectivity index (χ1n) is 7.05. The maximum Gasteiger partial charge on any atom is 0.319 e. The predicted octanol–water partition coefficient (Wildman–Crippen LogP) is 3.22. The van der Waals surface area contributed by atoms with Crippen LogP contribution >= 0.6 is 23.5 Å². The second-order valence-electron chi connectivity index (χ2n) is 4.38. The first kappa shape index (κ1) is 16.7. The van der Waals surface area contributed by atoms with Crippen molar-refractivity contribution in [3.63, 3.8) is 0 Å². The van der Waals surface area contributed by atoms with Crippen molar-refractivity contribution >= 4 is 35.2 Å². The number of urea groups is 1. The minimum absolute atomic E-state index is 0.190. The fourth-order valence-electron chi connectivity index (χ4n) is 1.66. The molecule has 0 saturated heterocycles. The number of thioether (sulfide) groups is 2. The third-order valence-electron chi connectivity index (χ3n) is 2.63. The van der Waals surface area contributed by atoms with E-state index in [1.165, 1.54) is 11.8 Å². The number of para-hydroxylation sites is 1. The van der Waals surface area contributed by atoms with Gasteiger partial charge in [-0.15, -0.1) is 28.6 Å². The molecule has 118 valence electrons. The van der Waals surface area contributed by atoms with Gasteiger partial charge in [0.1, 0.15) is 5.03 Å². The molecule has 0 saturated carbocycles. The summed E-state index contributed by atoms with van der Waals surface area (Å²) in [7, 11) is 0. The second kappa shape index (κ2) is 9.37. The summed E-state index contributed by atoms with van der Waals surface area (Å²) in [5, 5.41) is 16.8. The van der Waals surface area contributed by atoms with Crippen LogP contribution in [0.25, 0.3) is 0 Å². The van der Waals surface area contributed by atoms with Crippen molar-refractivity contribution in [2.75, 3.05) is 23.4 Å². The average molecular weight is 337 g/mol. The molecule has 0 radical (unpaired) electrons. The van der Waals surface area contributed by atoms with Crippen LogP contribution in [0.1, 0.15) is 13.3 Å². The molecule has 8 heteroatoms. The molecule has 0 aliphatic carbocycles. The van der Waals surface area contributed by atoms with Crippen LogP contribution in [-0.2, 0) is 0 Å². The molecule has 2 aromatic rings. The van der Waals surface area contributed by atoms with E-state index in [0.717, 1.165) is 33.5 Å². The topological polar surface area (TPSA) is 82.7 Å². The fraction of sp³-hybridized carbons (Fsp3) is 0.357. The summed E-state index contributed by atoms with van der Waals surface area (Å²) >= 11 is 3.29. The van der Waals surface area contributed by atoms with Crippen LogP contribution in [-0.4, -0.2) is 39.5 Å². The molecule has 0 unspecified atom stereocenters. The lowest BCUT2D eigenvalue weighted by Gasteiger charge is -2.11. The zero-order valence-electron chi connectivity index (χ0n) is 12.3. The maximum absolute atomic E-state index is 11.9. The Morgan fingerprint density at radius 3 is 2.91 bits per heavy atom. The third kappa shape index (κ3) is 5.61. The van der Waals surface area contributed by atoms with Crippen LogP contribution in [0.15, 0.2) is 40.4 Å². The van der Waals surface area contributed by atoms with E-state index in [2.05, 4.69) is 33.0 Å². The molecule has 1 aromatic heterocycles. The summed E-state index contributed by atoms with van der Waals surface area (Å²) in [6, 6.07) is 7.66. The highest BCUT2D eigenvalue weighted by atomic mass is 32.2. The van der Waals surface area contributed by atoms with Gasteiger partial charge in [0.2, 0.25) is 0 Å². The number of carbonyl (C=O) groups is 1. The second-order valence-corrected chi connectivity index (χ2v) is 6.63.